The normalized spacial score (nSPS) is 16.4. The number of nitrogens with zero attached hydrogens (tertiary/aromatic N) is 2. The van der Waals surface area contributed by atoms with E-state index in [2.05, 4.69) is 19.0 Å². The van der Waals surface area contributed by atoms with Crippen LogP contribution in [0.5, 0.6) is 0 Å². The Kier molecular flexibility index (Phi) is 4.98. The monoisotopic (exact) mass is 294 g/mol. The summed E-state index contributed by atoms with van der Waals surface area (Å²) in [5.74, 6) is -0.746. The zero-order valence-corrected chi connectivity index (χ0v) is 12.5. The predicted octanol–water partition coefficient (Wildman–Crippen LogP) is 2.52. The van der Waals surface area contributed by atoms with Crippen molar-refractivity contribution in [3.05, 3.63) is 17.5 Å². The Morgan fingerprint density at radius 1 is 1.38 bits per heavy atom. The summed E-state index contributed by atoms with van der Waals surface area (Å²) in [5, 5.41) is 13.0. The van der Waals surface area contributed by atoms with E-state index < -0.39 is 5.97 Å². The van der Waals surface area contributed by atoms with Gasteiger partial charge >= 0.3 is 5.97 Å². The van der Waals surface area contributed by atoms with Crippen LogP contribution in [-0.4, -0.2) is 40.1 Å². The van der Waals surface area contributed by atoms with E-state index in [1.807, 2.05) is 0 Å². The van der Waals surface area contributed by atoms with Gasteiger partial charge in [0.2, 0.25) is 5.76 Å². The highest BCUT2D eigenvalue weighted by atomic mass is 16.5. The van der Waals surface area contributed by atoms with Crippen LogP contribution in [0.2, 0.25) is 0 Å². The van der Waals surface area contributed by atoms with Crippen LogP contribution in [-0.2, 0) is 4.79 Å². The molecule has 2 heterocycles. The molecule has 21 heavy (non-hydrogen) atoms. The maximum Gasteiger partial charge on any atom is 0.306 e. The van der Waals surface area contributed by atoms with Crippen LogP contribution < -0.4 is 0 Å². The highest BCUT2D eigenvalue weighted by Crippen LogP contribution is 2.24. The molecular formula is C15H22N2O4. The van der Waals surface area contributed by atoms with E-state index in [-0.39, 0.29) is 17.6 Å². The molecular weight excluding hydrogens is 272 g/mol. The molecule has 1 aromatic heterocycles. The van der Waals surface area contributed by atoms with E-state index in [4.69, 9.17) is 9.63 Å². The van der Waals surface area contributed by atoms with Gasteiger partial charge in [0, 0.05) is 25.1 Å². The lowest BCUT2D eigenvalue weighted by molar-refractivity contribution is -0.143. The van der Waals surface area contributed by atoms with Crippen molar-refractivity contribution in [3.8, 4) is 0 Å². The lowest BCUT2D eigenvalue weighted by Crippen LogP contribution is -2.40. The third kappa shape index (κ3) is 3.43. The van der Waals surface area contributed by atoms with Gasteiger partial charge in [0.05, 0.1) is 11.6 Å². The van der Waals surface area contributed by atoms with E-state index in [0.29, 0.717) is 31.8 Å². The molecule has 1 aliphatic heterocycles. The maximum atomic E-state index is 12.3. The van der Waals surface area contributed by atoms with Gasteiger partial charge in [-0.2, -0.15) is 0 Å². The van der Waals surface area contributed by atoms with Gasteiger partial charge in [-0.3, -0.25) is 9.59 Å². The molecule has 0 unspecified atom stereocenters. The Bertz CT molecular complexity index is 500. The summed E-state index contributed by atoms with van der Waals surface area (Å²) in [6, 6.07) is 1.73. The molecule has 1 amide bonds. The minimum absolute atomic E-state index is 0.191. The molecule has 0 spiro atoms. The van der Waals surface area contributed by atoms with Gasteiger partial charge in [0.25, 0.3) is 5.91 Å². The molecule has 0 aliphatic carbocycles. The number of aromatic nitrogens is 1. The average molecular weight is 294 g/mol. The van der Waals surface area contributed by atoms with Gasteiger partial charge in [-0.25, -0.2) is 0 Å². The zero-order valence-electron chi connectivity index (χ0n) is 12.5. The van der Waals surface area contributed by atoms with Crippen molar-refractivity contribution in [2.24, 2.45) is 5.92 Å². The van der Waals surface area contributed by atoms with E-state index in [0.717, 1.165) is 18.5 Å². The van der Waals surface area contributed by atoms with Crippen molar-refractivity contribution in [3.63, 3.8) is 0 Å². The first-order valence-electron chi connectivity index (χ1n) is 7.55. The van der Waals surface area contributed by atoms with Crippen molar-refractivity contribution < 1.29 is 19.2 Å². The summed E-state index contributed by atoms with van der Waals surface area (Å²) in [5.41, 5.74) is 0.823. The molecule has 1 N–H and O–H groups in total. The minimum Gasteiger partial charge on any atom is -0.481 e. The molecule has 116 valence electrons. The average Bonchev–Trinajstić information content (AvgIpc) is 2.97. The maximum absolute atomic E-state index is 12.3. The SMILES string of the molecule is CCC(CC)c1cc(C(=O)N2CCC(C(=O)O)CC2)on1. The van der Waals surface area contributed by atoms with Gasteiger partial charge in [-0.05, 0) is 25.7 Å². The van der Waals surface area contributed by atoms with Gasteiger partial charge in [-0.1, -0.05) is 19.0 Å². The fourth-order valence-electron chi connectivity index (χ4n) is 2.77. The second kappa shape index (κ2) is 6.74. The lowest BCUT2D eigenvalue weighted by Gasteiger charge is -2.29. The second-order valence-corrected chi connectivity index (χ2v) is 5.53. The molecule has 0 saturated carbocycles. The molecule has 1 saturated heterocycles. The number of hydrogen-bond donors (Lipinski definition) is 1. The lowest BCUT2D eigenvalue weighted by atomic mass is 9.97. The molecule has 6 nitrogen and oxygen atoms in total. The topological polar surface area (TPSA) is 83.6 Å². The third-order valence-electron chi connectivity index (χ3n) is 4.27. The Morgan fingerprint density at radius 3 is 2.52 bits per heavy atom. The number of likely N-dealkylation sites (tertiary alicyclic amines) is 1. The first-order valence-corrected chi connectivity index (χ1v) is 7.55. The summed E-state index contributed by atoms with van der Waals surface area (Å²) in [6.07, 6.45) is 2.91. The van der Waals surface area contributed by atoms with Gasteiger partial charge in [0.1, 0.15) is 0 Å². The van der Waals surface area contributed by atoms with E-state index in [1.54, 1.807) is 11.0 Å². The summed E-state index contributed by atoms with van der Waals surface area (Å²) in [6.45, 7) is 5.08. The third-order valence-corrected chi connectivity index (χ3v) is 4.27. The minimum atomic E-state index is -0.780. The molecule has 1 aliphatic rings. The summed E-state index contributed by atoms with van der Waals surface area (Å²) in [7, 11) is 0. The quantitative estimate of drug-likeness (QED) is 0.902. The number of carboxylic acids is 1. The molecule has 6 heteroatoms. The number of carbonyl (C=O) groups is 2. The van der Waals surface area contributed by atoms with Crippen LogP contribution in [0.1, 0.15) is 61.7 Å². The number of carbonyl (C=O) groups excluding carboxylic acids is 1. The first kappa shape index (κ1) is 15.5. The highest BCUT2D eigenvalue weighted by molar-refractivity contribution is 5.91. The van der Waals surface area contributed by atoms with Crippen LogP contribution in [0.15, 0.2) is 10.6 Å². The Hall–Kier alpha value is -1.85. The first-order chi connectivity index (χ1) is 10.1. The van der Waals surface area contributed by atoms with Crippen LogP contribution in [0.25, 0.3) is 0 Å². The largest absolute Gasteiger partial charge is 0.481 e. The standard InChI is InChI=1S/C15H22N2O4/c1-3-10(4-2)12-9-13(21-16-12)14(18)17-7-5-11(6-8-17)15(19)20/h9-11H,3-8H2,1-2H3,(H,19,20). The highest BCUT2D eigenvalue weighted by Gasteiger charge is 2.29. The van der Waals surface area contributed by atoms with Crippen molar-refractivity contribution in [2.75, 3.05) is 13.1 Å². The Morgan fingerprint density at radius 2 is 2.00 bits per heavy atom. The van der Waals surface area contributed by atoms with Gasteiger partial charge in [0.15, 0.2) is 0 Å². The molecule has 0 radical (unpaired) electrons. The molecule has 0 aromatic carbocycles. The van der Waals surface area contributed by atoms with Crippen LogP contribution in [0, 0.1) is 5.92 Å². The number of aliphatic carboxylic acids is 1. The Balaban J connectivity index is 2.00. The van der Waals surface area contributed by atoms with E-state index >= 15 is 0 Å². The molecule has 0 atom stereocenters. The van der Waals surface area contributed by atoms with Crippen molar-refractivity contribution >= 4 is 11.9 Å². The fourth-order valence-corrected chi connectivity index (χ4v) is 2.77. The molecule has 1 fully saturated rings. The molecule has 0 bridgehead atoms. The smallest absolute Gasteiger partial charge is 0.306 e. The van der Waals surface area contributed by atoms with Crippen molar-refractivity contribution in [1.29, 1.82) is 0 Å². The van der Waals surface area contributed by atoms with Crippen LogP contribution >= 0.6 is 0 Å². The van der Waals surface area contributed by atoms with Crippen molar-refractivity contribution in [1.82, 2.24) is 10.1 Å². The number of rotatable bonds is 5. The van der Waals surface area contributed by atoms with Gasteiger partial charge < -0.3 is 14.5 Å². The number of amides is 1. The van der Waals surface area contributed by atoms with E-state index in [9.17, 15) is 9.59 Å². The van der Waals surface area contributed by atoms with Crippen LogP contribution in [0.3, 0.4) is 0 Å². The summed E-state index contributed by atoms with van der Waals surface area (Å²) < 4.78 is 5.18. The summed E-state index contributed by atoms with van der Waals surface area (Å²) >= 11 is 0. The van der Waals surface area contributed by atoms with Crippen LogP contribution in [0.4, 0.5) is 0 Å². The Labute approximate surface area is 124 Å². The van der Waals surface area contributed by atoms with Crippen molar-refractivity contribution in [2.45, 2.75) is 45.4 Å². The molecule has 1 aromatic rings. The van der Waals surface area contributed by atoms with E-state index in [1.165, 1.54) is 0 Å². The number of hydrogen-bond acceptors (Lipinski definition) is 4. The van der Waals surface area contributed by atoms with Gasteiger partial charge in [-0.15, -0.1) is 0 Å². The number of carboxylic acid groups (broad SMARTS) is 1. The molecule has 2 rings (SSSR count). The number of piperidine rings is 1. The zero-order chi connectivity index (χ0) is 15.4. The summed E-state index contributed by atoms with van der Waals surface area (Å²) in [4.78, 5) is 24.9. The second-order valence-electron chi connectivity index (χ2n) is 5.53. The fraction of sp³-hybridized carbons (Fsp3) is 0.667. The predicted molar refractivity (Wildman–Crippen MR) is 76.1 cm³/mol.